The van der Waals surface area contributed by atoms with E-state index in [4.69, 9.17) is 23.8 Å². The van der Waals surface area contributed by atoms with Crippen LogP contribution in [0.2, 0.25) is 18.1 Å². The summed E-state index contributed by atoms with van der Waals surface area (Å²) >= 11 is 0. The predicted molar refractivity (Wildman–Crippen MR) is 139 cm³/mol. The quantitative estimate of drug-likeness (QED) is 0.210. The Kier molecular flexibility index (Phi) is 7.68. The van der Waals surface area contributed by atoms with E-state index in [0.717, 1.165) is 9.13 Å². The van der Waals surface area contributed by atoms with Crippen LogP contribution in [0.5, 0.6) is 0 Å². The monoisotopic (exact) mass is 573 g/mol. The van der Waals surface area contributed by atoms with Crippen molar-refractivity contribution in [3.8, 4) is 0 Å². The summed E-state index contributed by atoms with van der Waals surface area (Å²) in [5.74, 6) is 0. The smallest absolute Gasteiger partial charge is 0.450 e. The van der Waals surface area contributed by atoms with Crippen molar-refractivity contribution < 1.29 is 36.4 Å². The van der Waals surface area contributed by atoms with Gasteiger partial charge < -0.3 is 24.7 Å². The number of nitrogens with zero attached hydrogens (tertiary/aromatic N) is 2. The van der Waals surface area contributed by atoms with Crippen molar-refractivity contribution in [2.24, 2.45) is 12.8 Å². The van der Waals surface area contributed by atoms with Crippen LogP contribution in [0.4, 0.5) is 4.79 Å². The van der Waals surface area contributed by atoms with Gasteiger partial charge in [0.25, 0.3) is 15.7 Å². The maximum Gasteiger partial charge on any atom is 0.506 e. The zero-order valence-corrected chi connectivity index (χ0v) is 24.3. The van der Waals surface area contributed by atoms with Gasteiger partial charge in [-0.15, -0.1) is 6.58 Å². The summed E-state index contributed by atoms with van der Waals surface area (Å²) < 4.78 is 51.1. The molecule has 2 aliphatic rings. The summed E-state index contributed by atoms with van der Waals surface area (Å²) in [6, 6.07) is 0. The topological polar surface area (TPSA) is 178 Å². The van der Waals surface area contributed by atoms with E-state index in [0.29, 0.717) is 5.41 Å². The van der Waals surface area contributed by atoms with E-state index in [1.165, 1.54) is 26.2 Å². The average Bonchev–Trinajstić information content (AvgIpc) is 3.20. The Labute approximate surface area is 221 Å². The fraction of sp³-hybridized carbons (Fsp3) is 0.609. The van der Waals surface area contributed by atoms with Gasteiger partial charge in [-0.3, -0.25) is 13.9 Å². The van der Waals surface area contributed by atoms with E-state index < -0.39 is 71.0 Å². The van der Waals surface area contributed by atoms with Crippen LogP contribution in [0.1, 0.15) is 39.0 Å². The number of carbonyl (C=O) groups is 1. The molecule has 0 aromatic carbocycles. The molecule has 1 aromatic rings. The first-order valence-electron chi connectivity index (χ1n) is 11.8. The average molecular weight is 574 g/mol. The lowest BCUT2D eigenvalue weighted by molar-refractivity contribution is -0.103. The largest absolute Gasteiger partial charge is 0.506 e. The van der Waals surface area contributed by atoms with Crippen molar-refractivity contribution in [2.45, 2.75) is 82.4 Å². The van der Waals surface area contributed by atoms with Gasteiger partial charge in [-0.1, -0.05) is 26.8 Å². The van der Waals surface area contributed by atoms with Crippen LogP contribution in [0.15, 0.2) is 39.5 Å². The second-order valence-corrected chi connectivity index (χ2v) is 17.1. The second kappa shape index (κ2) is 9.79. The van der Waals surface area contributed by atoms with Gasteiger partial charge in [0.2, 0.25) is 0 Å². The van der Waals surface area contributed by atoms with Crippen LogP contribution in [0.3, 0.4) is 0 Å². The Bertz CT molecular complexity index is 1390. The Morgan fingerprint density at radius 1 is 1.37 bits per heavy atom. The fourth-order valence-corrected chi connectivity index (χ4v) is 6.89. The first-order chi connectivity index (χ1) is 17.3. The van der Waals surface area contributed by atoms with Crippen LogP contribution in [0.25, 0.3) is 0 Å². The van der Waals surface area contributed by atoms with Crippen molar-refractivity contribution in [3.05, 3.63) is 56.4 Å². The summed E-state index contributed by atoms with van der Waals surface area (Å²) in [4.78, 5) is 37.3. The van der Waals surface area contributed by atoms with Gasteiger partial charge in [-0.05, 0) is 25.1 Å². The van der Waals surface area contributed by atoms with Gasteiger partial charge in [0.1, 0.15) is 18.3 Å². The molecule has 3 N–H and O–H groups in total. The van der Waals surface area contributed by atoms with E-state index in [9.17, 15) is 27.9 Å². The van der Waals surface area contributed by atoms with Crippen molar-refractivity contribution in [3.63, 3.8) is 0 Å². The highest BCUT2D eigenvalue weighted by Gasteiger charge is 2.69. The molecule has 0 radical (unpaired) electrons. The molecule has 1 fully saturated rings. The Morgan fingerprint density at radius 3 is 2.45 bits per heavy atom. The van der Waals surface area contributed by atoms with Gasteiger partial charge in [0.15, 0.2) is 20.1 Å². The lowest BCUT2D eigenvalue weighted by Gasteiger charge is -2.43. The van der Waals surface area contributed by atoms with E-state index >= 15 is 0 Å². The van der Waals surface area contributed by atoms with Crippen molar-refractivity contribution in [1.82, 2.24) is 9.13 Å². The molecule has 0 saturated carbocycles. The van der Waals surface area contributed by atoms with Crippen molar-refractivity contribution >= 4 is 24.6 Å². The van der Waals surface area contributed by atoms with E-state index in [1.54, 1.807) is 0 Å². The first kappa shape index (κ1) is 29.8. The number of rotatable bonds is 7. The summed E-state index contributed by atoms with van der Waals surface area (Å²) in [5, 5.41) is 9.75. The highest BCUT2D eigenvalue weighted by atomic mass is 32.2. The van der Waals surface area contributed by atoms with E-state index in [2.05, 4.69) is 6.58 Å². The third-order valence-electron chi connectivity index (χ3n) is 7.34. The number of hydrogen-bond acceptors (Lipinski definition) is 10. The van der Waals surface area contributed by atoms with Gasteiger partial charge in [-0.25, -0.2) is 13.8 Å². The minimum absolute atomic E-state index is 0.101. The molecule has 38 heavy (non-hydrogen) atoms. The predicted octanol–water partition coefficient (Wildman–Crippen LogP) is 1.68. The number of aromatic nitrogens is 2. The number of aryl methyl sites for hydroxylation is 1. The van der Waals surface area contributed by atoms with Crippen molar-refractivity contribution in [1.29, 1.82) is 0 Å². The molecule has 1 spiro atoms. The molecule has 3 rings (SSSR count). The lowest BCUT2D eigenvalue weighted by atomic mass is 9.85. The molecule has 0 bridgehead atoms. The molecule has 1 aromatic heterocycles. The second-order valence-electron chi connectivity index (χ2n) is 11.0. The van der Waals surface area contributed by atoms with Crippen LogP contribution in [-0.2, 0) is 35.2 Å². The normalized spacial score (nSPS) is 27.8. The van der Waals surface area contributed by atoms with Crippen LogP contribution in [0, 0.1) is 6.92 Å². The Hall–Kier alpha value is -2.72. The Morgan fingerprint density at radius 2 is 1.97 bits per heavy atom. The van der Waals surface area contributed by atoms with Crippen LogP contribution < -0.4 is 17.0 Å². The molecule has 15 heteroatoms. The molecule has 0 amide bonds. The standard InChI is InChI=1S/C23H35N3O10SSi/c1-9-10-14(33-21(29)30)16-23(15(24)12-37(31,32)36-23)17(35-38(7,8)22(3,4)5)19(34-16)26-11-13(2)18(27)25(6)20(26)28/h9,11-12,14,16-17,19H,1,10,24H2,2-8H3,(H,29,30)/t14?,16-,17?,19-,23?/m1/s1. The van der Waals surface area contributed by atoms with Crippen LogP contribution >= 0.6 is 0 Å². The molecule has 2 aliphatic heterocycles. The zero-order valence-electron chi connectivity index (χ0n) is 22.5. The molecular formula is C23H35N3O10SSi. The zero-order chi connectivity index (χ0) is 29.0. The number of ether oxygens (including phenoxy) is 2. The molecule has 3 unspecified atom stereocenters. The van der Waals surface area contributed by atoms with Gasteiger partial charge in [0, 0.05) is 25.2 Å². The first-order valence-corrected chi connectivity index (χ1v) is 16.2. The highest BCUT2D eigenvalue weighted by Crippen LogP contribution is 2.52. The summed E-state index contributed by atoms with van der Waals surface area (Å²) in [7, 11) is -5.86. The van der Waals surface area contributed by atoms with E-state index in [-0.39, 0.29) is 17.7 Å². The lowest BCUT2D eigenvalue weighted by Crippen LogP contribution is -2.60. The molecule has 0 aliphatic carbocycles. The third-order valence-corrected chi connectivity index (χ3v) is 12.8. The minimum Gasteiger partial charge on any atom is -0.450 e. The molecular weight excluding hydrogens is 538 g/mol. The third kappa shape index (κ3) is 5.00. The summed E-state index contributed by atoms with van der Waals surface area (Å²) in [6.07, 6.45) is -4.67. The molecule has 3 heterocycles. The SMILES string of the molecule is C=CCC(OC(=O)O)[C@H]1O[C@@H](n2cc(C)c(=O)n(C)c2=O)C(O[Si](C)(C)C(C)(C)C)C12OS(=O)(=O)C=C2N. The molecule has 5 atom stereocenters. The number of hydrogen-bond donors (Lipinski definition) is 2. The van der Waals surface area contributed by atoms with Crippen LogP contribution in [-0.4, -0.2) is 61.0 Å². The molecule has 1 saturated heterocycles. The fourth-order valence-electron chi connectivity index (χ4n) is 4.40. The summed E-state index contributed by atoms with van der Waals surface area (Å²) in [6.45, 7) is 14.8. The van der Waals surface area contributed by atoms with E-state index in [1.807, 2.05) is 33.9 Å². The van der Waals surface area contributed by atoms with Crippen molar-refractivity contribution in [2.75, 3.05) is 0 Å². The maximum atomic E-state index is 13.3. The maximum absolute atomic E-state index is 13.3. The Balaban J connectivity index is 2.38. The molecule has 13 nitrogen and oxygen atoms in total. The van der Waals surface area contributed by atoms with Gasteiger partial charge >= 0.3 is 11.8 Å². The van der Waals surface area contributed by atoms with Gasteiger partial charge in [-0.2, -0.15) is 8.42 Å². The molecule has 212 valence electrons. The highest BCUT2D eigenvalue weighted by molar-refractivity contribution is 7.90. The minimum atomic E-state index is -4.36. The number of carboxylic acid groups (broad SMARTS) is 1. The summed E-state index contributed by atoms with van der Waals surface area (Å²) in [5.41, 5.74) is 2.83. The van der Waals surface area contributed by atoms with Gasteiger partial charge in [0.05, 0.1) is 11.1 Å². The number of nitrogens with two attached hydrogens (primary N) is 1.